The van der Waals surface area contributed by atoms with Gasteiger partial charge in [0.05, 0.1) is 10.9 Å². The number of benzene rings is 1. The van der Waals surface area contributed by atoms with Crippen LogP contribution in [-0.4, -0.2) is 23.1 Å². The second-order valence-corrected chi connectivity index (χ2v) is 5.20. The molecule has 3 rings (SSSR count). The van der Waals surface area contributed by atoms with Gasteiger partial charge in [-0.1, -0.05) is 17.7 Å². The Hall–Kier alpha value is -1.06. The molecule has 0 spiro atoms. The van der Waals surface area contributed by atoms with Crippen LogP contribution in [0.15, 0.2) is 18.2 Å². The molecule has 2 heterocycles. The van der Waals surface area contributed by atoms with E-state index in [4.69, 9.17) is 23.2 Å². The minimum Gasteiger partial charge on any atom is -0.371 e. The highest BCUT2D eigenvalue weighted by Gasteiger charge is 2.16. The lowest BCUT2D eigenvalue weighted by Gasteiger charge is -2.29. The number of anilines is 1. The Bertz CT molecular complexity index is 580. The van der Waals surface area contributed by atoms with Gasteiger partial charge < -0.3 is 4.90 Å². The van der Waals surface area contributed by atoms with Crippen LogP contribution in [0.2, 0.25) is 10.4 Å². The molecule has 18 heavy (non-hydrogen) atoms. The third-order valence-electron chi connectivity index (χ3n) is 3.33. The molecule has 1 aliphatic rings. The molecule has 1 aliphatic heterocycles. The highest BCUT2D eigenvalue weighted by molar-refractivity contribution is 6.36. The highest BCUT2D eigenvalue weighted by Crippen LogP contribution is 2.33. The Morgan fingerprint density at radius 2 is 1.78 bits per heavy atom. The molecule has 3 nitrogen and oxygen atoms in total. The highest BCUT2D eigenvalue weighted by atomic mass is 35.5. The minimum atomic E-state index is 0.197. The Morgan fingerprint density at radius 3 is 2.56 bits per heavy atom. The molecule has 0 saturated carbocycles. The SMILES string of the molecule is Clc1nc(Cl)c2c(N3CCCCC3)cccc2n1. The molecule has 1 aromatic carbocycles. The van der Waals surface area contributed by atoms with Crippen LogP contribution in [0.5, 0.6) is 0 Å². The van der Waals surface area contributed by atoms with Gasteiger partial charge in [-0.25, -0.2) is 9.97 Å². The first-order valence-electron chi connectivity index (χ1n) is 6.12. The zero-order chi connectivity index (χ0) is 12.5. The van der Waals surface area contributed by atoms with E-state index in [1.807, 2.05) is 12.1 Å². The lowest BCUT2D eigenvalue weighted by Crippen LogP contribution is -2.29. The van der Waals surface area contributed by atoms with Crippen molar-refractivity contribution in [1.29, 1.82) is 0 Å². The zero-order valence-electron chi connectivity index (χ0n) is 9.87. The van der Waals surface area contributed by atoms with Gasteiger partial charge >= 0.3 is 0 Å². The van der Waals surface area contributed by atoms with E-state index in [0.29, 0.717) is 5.15 Å². The predicted octanol–water partition coefficient (Wildman–Crippen LogP) is 3.93. The number of piperidine rings is 1. The van der Waals surface area contributed by atoms with E-state index in [0.717, 1.165) is 29.7 Å². The molecule has 0 unspecified atom stereocenters. The summed E-state index contributed by atoms with van der Waals surface area (Å²) in [5, 5.41) is 1.54. The van der Waals surface area contributed by atoms with Crippen LogP contribution in [0, 0.1) is 0 Å². The summed E-state index contributed by atoms with van der Waals surface area (Å²) in [5.41, 5.74) is 1.93. The Labute approximate surface area is 116 Å². The molecular weight excluding hydrogens is 269 g/mol. The van der Waals surface area contributed by atoms with Gasteiger partial charge in [-0.15, -0.1) is 0 Å². The first-order valence-corrected chi connectivity index (χ1v) is 6.88. The Morgan fingerprint density at radius 1 is 1.00 bits per heavy atom. The number of nitrogens with zero attached hydrogens (tertiary/aromatic N) is 3. The van der Waals surface area contributed by atoms with Crippen LogP contribution >= 0.6 is 23.2 Å². The summed E-state index contributed by atoms with van der Waals surface area (Å²) in [5.74, 6) is 0. The molecule has 0 radical (unpaired) electrons. The van der Waals surface area contributed by atoms with Crippen LogP contribution in [0.25, 0.3) is 10.9 Å². The fourth-order valence-electron chi connectivity index (χ4n) is 2.49. The first-order chi connectivity index (χ1) is 8.75. The van der Waals surface area contributed by atoms with Gasteiger partial charge in [-0.3, -0.25) is 0 Å². The van der Waals surface area contributed by atoms with Crippen LogP contribution < -0.4 is 4.90 Å². The van der Waals surface area contributed by atoms with E-state index >= 15 is 0 Å². The molecule has 1 aromatic heterocycles. The van der Waals surface area contributed by atoms with Crippen molar-refractivity contribution in [2.45, 2.75) is 19.3 Å². The van der Waals surface area contributed by atoms with Gasteiger partial charge in [0.25, 0.3) is 0 Å². The number of aromatic nitrogens is 2. The summed E-state index contributed by atoms with van der Waals surface area (Å²) < 4.78 is 0. The second-order valence-electron chi connectivity index (χ2n) is 4.50. The quantitative estimate of drug-likeness (QED) is 0.586. The molecule has 0 atom stereocenters. The Balaban J connectivity index is 2.16. The number of fused-ring (bicyclic) bond motifs is 1. The molecule has 1 fully saturated rings. The normalized spacial score (nSPS) is 16.2. The van der Waals surface area contributed by atoms with Crippen molar-refractivity contribution in [2.75, 3.05) is 18.0 Å². The van der Waals surface area contributed by atoms with Gasteiger partial charge in [-0.05, 0) is 43.0 Å². The summed E-state index contributed by atoms with van der Waals surface area (Å²) in [6.07, 6.45) is 3.75. The average molecular weight is 282 g/mol. The van der Waals surface area contributed by atoms with Crippen LogP contribution in [-0.2, 0) is 0 Å². The summed E-state index contributed by atoms with van der Waals surface area (Å²) >= 11 is 12.1. The third kappa shape index (κ3) is 2.13. The lowest BCUT2D eigenvalue weighted by molar-refractivity contribution is 0.579. The van der Waals surface area contributed by atoms with Crippen molar-refractivity contribution in [3.63, 3.8) is 0 Å². The molecule has 5 heteroatoms. The van der Waals surface area contributed by atoms with E-state index in [1.165, 1.54) is 19.3 Å². The molecule has 0 N–H and O–H groups in total. The van der Waals surface area contributed by atoms with E-state index < -0.39 is 0 Å². The smallest absolute Gasteiger partial charge is 0.224 e. The van der Waals surface area contributed by atoms with Gasteiger partial charge in [0, 0.05) is 18.8 Å². The van der Waals surface area contributed by atoms with E-state index in [-0.39, 0.29) is 5.28 Å². The molecule has 0 aliphatic carbocycles. The fraction of sp³-hybridized carbons (Fsp3) is 0.385. The maximum atomic E-state index is 6.22. The fourth-order valence-corrected chi connectivity index (χ4v) is 2.98. The largest absolute Gasteiger partial charge is 0.371 e. The van der Waals surface area contributed by atoms with Crippen LogP contribution in [0.3, 0.4) is 0 Å². The second kappa shape index (κ2) is 4.90. The number of hydrogen-bond acceptors (Lipinski definition) is 3. The minimum absolute atomic E-state index is 0.197. The predicted molar refractivity (Wildman–Crippen MR) is 75.6 cm³/mol. The maximum absolute atomic E-state index is 6.22. The summed E-state index contributed by atoms with van der Waals surface area (Å²) in [4.78, 5) is 10.6. The number of rotatable bonds is 1. The summed E-state index contributed by atoms with van der Waals surface area (Å²) in [7, 11) is 0. The van der Waals surface area contributed by atoms with E-state index in [9.17, 15) is 0 Å². The van der Waals surface area contributed by atoms with Gasteiger partial charge in [0.1, 0.15) is 5.15 Å². The van der Waals surface area contributed by atoms with Gasteiger partial charge in [0.15, 0.2) is 0 Å². The average Bonchev–Trinajstić information content (AvgIpc) is 2.38. The first kappa shape index (κ1) is 12.0. The van der Waals surface area contributed by atoms with Crippen LogP contribution in [0.4, 0.5) is 5.69 Å². The van der Waals surface area contributed by atoms with Crippen molar-refractivity contribution in [3.8, 4) is 0 Å². The zero-order valence-corrected chi connectivity index (χ0v) is 11.4. The maximum Gasteiger partial charge on any atom is 0.224 e. The molecule has 2 aromatic rings. The van der Waals surface area contributed by atoms with Crippen LogP contribution in [0.1, 0.15) is 19.3 Å². The van der Waals surface area contributed by atoms with Gasteiger partial charge in [0.2, 0.25) is 5.28 Å². The van der Waals surface area contributed by atoms with Crippen molar-refractivity contribution >= 4 is 39.8 Å². The standard InChI is InChI=1S/C13H13Cl2N3/c14-12-11-9(16-13(15)17-12)5-4-6-10(11)18-7-2-1-3-8-18/h4-6H,1-3,7-8H2. The van der Waals surface area contributed by atoms with Crippen molar-refractivity contribution in [3.05, 3.63) is 28.6 Å². The van der Waals surface area contributed by atoms with Crippen molar-refractivity contribution in [1.82, 2.24) is 9.97 Å². The van der Waals surface area contributed by atoms with E-state index in [2.05, 4.69) is 20.9 Å². The topological polar surface area (TPSA) is 29.0 Å². The molecule has 94 valence electrons. The third-order valence-corrected chi connectivity index (χ3v) is 3.77. The number of halogens is 2. The van der Waals surface area contributed by atoms with Crippen molar-refractivity contribution < 1.29 is 0 Å². The summed E-state index contributed by atoms with van der Waals surface area (Å²) in [6.45, 7) is 2.14. The summed E-state index contributed by atoms with van der Waals surface area (Å²) in [6, 6.07) is 5.99. The molecule has 1 saturated heterocycles. The molecule has 0 bridgehead atoms. The Kier molecular flexibility index (Phi) is 3.27. The van der Waals surface area contributed by atoms with Crippen molar-refractivity contribution in [2.24, 2.45) is 0 Å². The monoisotopic (exact) mass is 281 g/mol. The number of hydrogen-bond donors (Lipinski definition) is 0. The van der Waals surface area contributed by atoms with E-state index in [1.54, 1.807) is 0 Å². The molecule has 0 amide bonds. The molecular formula is C13H13Cl2N3. The van der Waals surface area contributed by atoms with Gasteiger partial charge in [-0.2, -0.15) is 0 Å². The lowest BCUT2D eigenvalue weighted by atomic mass is 10.1.